The molecule has 0 saturated carbocycles. The lowest BCUT2D eigenvalue weighted by Crippen LogP contribution is -2.40. The Kier molecular flexibility index (Phi) is 4.41. The second kappa shape index (κ2) is 6.65. The van der Waals surface area contributed by atoms with Gasteiger partial charge in [-0.1, -0.05) is 12.1 Å². The molecule has 2 heterocycles. The summed E-state index contributed by atoms with van der Waals surface area (Å²) in [5.41, 5.74) is 0.215. The quantitative estimate of drug-likeness (QED) is 0.884. The fourth-order valence-corrected chi connectivity index (χ4v) is 2.44. The van der Waals surface area contributed by atoms with Gasteiger partial charge in [0.2, 0.25) is 17.7 Å². The molecule has 126 valence electrons. The maximum Gasteiger partial charge on any atom is 0.325 e. The van der Waals surface area contributed by atoms with Gasteiger partial charge in [0.1, 0.15) is 12.4 Å². The minimum absolute atomic E-state index is 0.0960. The number of rotatable bonds is 5. The van der Waals surface area contributed by atoms with Crippen LogP contribution in [0.5, 0.6) is 0 Å². The molecule has 1 aliphatic heterocycles. The Labute approximate surface area is 137 Å². The number of halogens is 1. The van der Waals surface area contributed by atoms with Crippen molar-refractivity contribution in [3.05, 3.63) is 41.9 Å². The van der Waals surface area contributed by atoms with Gasteiger partial charge >= 0.3 is 6.03 Å². The number of amides is 3. The summed E-state index contributed by atoms with van der Waals surface area (Å²) >= 11 is 0. The van der Waals surface area contributed by atoms with Crippen LogP contribution in [0, 0.1) is 12.7 Å². The lowest BCUT2D eigenvalue weighted by molar-refractivity contribution is -0.121. The number of nitrogens with zero attached hydrogens (tertiary/aromatic N) is 4. The van der Waals surface area contributed by atoms with E-state index in [2.05, 4.69) is 15.5 Å². The molecule has 1 N–H and O–H groups in total. The third kappa shape index (κ3) is 3.34. The molecule has 2 aromatic rings. The molecule has 3 amide bonds. The van der Waals surface area contributed by atoms with Crippen LogP contribution in [0.15, 0.2) is 28.7 Å². The summed E-state index contributed by atoms with van der Waals surface area (Å²) in [5, 5.41) is 10.0. The van der Waals surface area contributed by atoms with Gasteiger partial charge in [0.15, 0.2) is 0 Å². The van der Waals surface area contributed by atoms with Gasteiger partial charge in [-0.05, 0) is 12.1 Å². The first-order valence-electron chi connectivity index (χ1n) is 7.41. The molecule has 8 nitrogen and oxygen atoms in total. The molecule has 0 unspecified atom stereocenters. The Morgan fingerprint density at radius 1 is 1.33 bits per heavy atom. The van der Waals surface area contributed by atoms with Crippen LogP contribution in [0.3, 0.4) is 0 Å². The van der Waals surface area contributed by atoms with E-state index < -0.39 is 11.8 Å². The standard InChI is InChI=1S/C15H16FN5O3/c1-10-18-19-14(24-10)8-17-13(22)9-20-6-7-21(15(20)23)12-5-3-2-4-11(12)16/h2-5H,6-9H2,1H3,(H,17,22). The number of urea groups is 1. The van der Waals surface area contributed by atoms with Gasteiger partial charge < -0.3 is 14.6 Å². The number of hydrogen-bond acceptors (Lipinski definition) is 5. The lowest BCUT2D eigenvalue weighted by Gasteiger charge is -2.18. The van der Waals surface area contributed by atoms with Crippen LogP contribution in [-0.4, -0.2) is 46.7 Å². The molecule has 24 heavy (non-hydrogen) atoms. The van der Waals surface area contributed by atoms with E-state index in [1.165, 1.54) is 21.9 Å². The third-order valence-electron chi connectivity index (χ3n) is 3.58. The normalized spacial score (nSPS) is 14.3. The van der Waals surface area contributed by atoms with Gasteiger partial charge in [0.05, 0.1) is 12.2 Å². The molecule has 1 aromatic carbocycles. The number of carbonyl (C=O) groups is 2. The molecule has 3 rings (SSSR count). The van der Waals surface area contributed by atoms with E-state index >= 15 is 0 Å². The van der Waals surface area contributed by atoms with Crippen molar-refractivity contribution in [1.29, 1.82) is 0 Å². The number of carbonyl (C=O) groups excluding carboxylic acids is 2. The molecule has 0 bridgehead atoms. The Morgan fingerprint density at radius 3 is 2.83 bits per heavy atom. The summed E-state index contributed by atoms with van der Waals surface area (Å²) in [6.45, 7) is 2.31. The van der Waals surface area contributed by atoms with Crippen molar-refractivity contribution in [1.82, 2.24) is 20.4 Å². The molecule has 0 aliphatic carbocycles. The van der Waals surface area contributed by atoms with Crippen LogP contribution in [0.2, 0.25) is 0 Å². The molecule has 9 heteroatoms. The molecular formula is C15H16FN5O3. The predicted octanol–water partition coefficient (Wildman–Crippen LogP) is 1.08. The highest BCUT2D eigenvalue weighted by Gasteiger charge is 2.32. The molecule has 1 fully saturated rings. The smallest absolute Gasteiger partial charge is 0.325 e. The van der Waals surface area contributed by atoms with Gasteiger partial charge in [-0.15, -0.1) is 10.2 Å². The number of nitrogens with one attached hydrogen (secondary N) is 1. The van der Waals surface area contributed by atoms with E-state index in [0.717, 1.165) is 0 Å². The van der Waals surface area contributed by atoms with Crippen LogP contribution in [0.25, 0.3) is 0 Å². The van der Waals surface area contributed by atoms with Gasteiger partial charge in [-0.25, -0.2) is 9.18 Å². The topological polar surface area (TPSA) is 91.6 Å². The molecule has 0 radical (unpaired) electrons. The van der Waals surface area contributed by atoms with E-state index in [4.69, 9.17) is 4.42 Å². The number of benzene rings is 1. The van der Waals surface area contributed by atoms with Gasteiger partial charge in [-0.3, -0.25) is 9.69 Å². The van der Waals surface area contributed by atoms with Crippen molar-refractivity contribution in [2.75, 3.05) is 24.5 Å². The van der Waals surface area contributed by atoms with E-state index in [9.17, 15) is 14.0 Å². The number of hydrogen-bond donors (Lipinski definition) is 1. The van der Waals surface area contributed by atoms with E-state index in [-0.39, 0.29) is 24.7 Å². The van der Waals surface area contributed by atoms with Crippen LogP contribution in [0.4, 0.5) is 14.9 Å². The van der Waals surface area contributed by atoms with Crippen molar-refractivity contribution in [2.24, 2.45) is 0 Å². The van der Waals surface area contributed by atoms with Crippen molar-refractivity contribution in [3.63, 3.8) is 0 Å². The van der Waals surface area contributed by atoms with Gasteiger partial charge in [-0.2, -0.15) is 0 Å². The summed E-state index contributed by atoms with van der Waals surface area (Å²) in [6.07, 6.45) is 0. The number of anilines is 1. The number of aromatic nitrogens is 2. The third-order valence-corrected chi connectivity index (χ3v) is 3.58. The first-order valence-corrected chi connectivity index (χ1v) is 7.41. The second-order valence-corrected chi connectivity index (χ2v) is 5.30. The summed E-state index contributed by atoms with van der Waals surface area (Å²) < 4.78 is 18.9. The van der Waals surface area contributed by atoms with Gasteiger partial charge in [0.25, 0.3) is 0 Å². The van der Waals surface area contributed by atoms with Crippen molar-refractivity contribution >= 4 is 17.6 Å². The Morgan fingerprint density at radius 2 is 2.12 bits per heavy atom. The van der Waals surface area contributed by atoms with E-state index in [0.29, 0.717) is 24.9 Å². The van der Waals surface area contributed by atoms with Crippen LogP contribution in [-0.2, 0) is 11.3 Å². The van der Waals surface area contributed by atoms with Gasteiger partial charge in [0, 0.05) is 20.0 Å². The van der Waals surface area contributed by atoms with E-state index in [1.807, 2.05) is 0 Å². The highest BCUT2D eigenvalue weighted by molar-refractivity contribution is 5.96. The minimum atomic E-state index is -0.469. The minimum Gasteiger partial charge on any atom is -0.424 e. The largest absolute Gasteiger partial charge is 0.424 e. The second-order valence-electron chi connectivity index (χ2n) is 5.30. The Bertz CT molecular complexity index is 763. The first-order chi connectivity index (χ1) is 11.5. The Balaban J connectivity index is 1.55. The monoisotopic (exact) mass is 333 g/mol. The zero-order valence-electron chi connectivity index (χ0n) is 13.0. The molecule has 1 saturated heterocycles. The summed E-state index contributed by atoms with van der Waals surface area (Å²) in [6, 6.07) is 5.65. The number of para-hydroxylation sites is 1. The Hall–Kier alpha value is -2.97. The van der Waals surface area contributed by atoms with Crippen molar-refractivity contribution in [2.45, 2.75) is 13.5 Å². The number of aryl methyl sites for hydroxylation is 1. The fourth-order valence-electron chi connectivity index (χ4n) is 2.44. The average molecular weight is 333 g/mol. The first kappa shape index (κ1) is 15.9. The molecule has 0 spiro atoms. The maximum absolute atomic E-state index is 13.8. The summed E-state index contributed by atoms with van der Waals surface area (Å²) in [5.74, 6) is -0.116. The lowest BCUT2D eigenvalue weighted by atomic mass is 10.3. The summed E-state index contributed by atoms with van der Waals surface area (Å²) in [7, 11) is 0. The highest BCUT2D eigenvalue weighted by Crippen LogP contribution is 2.23. The van der Waals surface area contributed by atoms with Crippen molar-refractivity contribution in [3.8, 4) is 0 Å². The fraction of sp³-hybridized carbons (Fsp3) is 0.333. The maximum atomic E-state index is 13.8. The van der Waals surface area contributed by atoms with Crippen LogP contribution >= 0.6 is 0 Å². The SMILES string of the molecule is Cc1nnc(CNC(=O)CN2CCN(c3ccccc3F)C2=O)o1. The molecular weight excluding hydrogens is 317 g/mol. The van der Waals surface area contributed by atoms with Crippen LogP contribution < -0.4 is 10.2 Å². The average Bonchev–Trinajstić information content (AvgIpc) is 3.13. The summed E-state index contributed by atoms with van der Waals surface area (Å²) in [4.78, 5) is 27.0. The highest BCUT2D eigenvalue weighted by atomic mass is 19.1. The molecule has 1 aliphatic rings. The predicted molar refractivity (Wildman–Crippen MR) is 81.6 cm³/mol. The van der Waals surface area contributed by atoms with Crippen molar-refractivity contribution < 1.29 is 18.4 Å². The zero-order valence-corrected chi connectivity index (χ0v) is 13.0. The molecule has 1 aromatic heterocycles. The van der Waals surface area contributed by atoms with E-state index in [1.54, 1.807) is 19.1 Å². The zero-order chi connectivity index (χ0) is 17.1. The van der Waals surface area contributed by atoms with Crippen LogP contribution in [0.1, 0.15) is 11.8 Å². The molecule has 0 atom stereocenters.